The van der Waals surface area contributed by atoms with E-state index in [1.807, 2.05) is 0 Å². The molecular weight excluding hydrogens is 166 g/mol. The van der Waals surface area contributed by atoms with Crippen molar-refractivity contribution in [3.05, 3.63) is 25.0 Å². The van der Waals surface area contributed by atoms with Gasteiger partial charge in [0, 0.05) is 6.20 Å². The Hall–Kier alpha value is -2.04. The average Bonchev–Trinajstić information content (AvgIpc) is 2.65. The molecule has 0 atom stereocenters. The van der Waals surface area contributed by atoms with Crippen LogP contribution in [0.5, 0.6) is 0 Å². The van der Waals surface area contributed by atoms with Crippen molar-refractivity contribution >= 4 is 22.1 Å². The van der Waals surface area contributed by atoms with Crippen LogP contribution in [0.2, 0.25) is 0 Å². The fraction of sp³-hybridized carbons (Fsp3) is 0. The first-order valence-electron chi connectivity index (χ1n) is 3.83. The maximum Gasteiger partial charge on any atom is 0.164 e. The molecule has 0 saturated heterocycles. The topological polar surface area (TPSA) is 67.3 Å². The summed E-state index contributed by atoms with van der Waals surface area (Å²) in [6.45, 7) is 0. The van der Waals surface area contributed by atoms with Crippen LogP contribution in [0.1, 0.15) is 0 Å². The lowest BCUT2D eigenvalue weighted by Gasteiger charge is -1.94. The number of hydrogen-bond acceptors (Lipinski definition) is 4. The van der Waals surface area contributed by atoms with Crippen LogP contribution in [0.15, 0.2) is 25.0 Å². The Bertz CT molecular complexity index is 571. The first kappa shape index (κ1) is 6.47. The highest BCUT2D eigenvalue weighted by Crippen LogP contribution is 2.16. The van der Waals surface area contributed by atoms with Gasteiger partial charge < -0.3 is 4.98 Å². The molecule has 0 aromatic carbocycles. The number of imidazole rings is 1. The zero-order valence-corrected chi connectivity index (χ0v) is 6.60. The number of fused-ring (bicyclic) bond motifs is 3. The zero-order valence-electron chi connectivity index (χ0n) is 6.60. The number of nitrogens with zero attached hydrogens (tertiary/aromatic N) is 4. The fourth-order valence-electron chi connectivity index (χ4n) is 1.34. The number of H-pyrrole nitrogens is 1. The molecule has 0 unspecified atom stereocenters. The summed E-state index contributed by atoms with van der Waals surface area (Å²) in [6.07, 6.45) is 6.56. The number of pyridine rings is 1. The Labute approximate surface area is 72.9 Å². The molecule has 5 heteroatoms. The molecule has 0 fully saturated rings. The number of aromatic nitrogens is 5. The monoisotopic (exact) mass is 171 g/mol. The van der Waals surface area contributed by atoms with Crippen LogP contribution in [0.3, 0.4) is 0 Å². The van der Waals surface area contributed by atoms with Crippen molar-refractivity contribution in [2.75, 3.05) is 0 Å². The molecule has 0 aliphatic carbocycles. The summed E-state index contributed by atoms with van der Waals surface area (Å²) in [5.74, 6) is 0. The van der Waals surface area contributed by atoms with Gasteiger partial charge in [0.25, 0.3) is 0 Å². The highest BCUT2D eigenvalue weighted by molar-refractivity contribution is 5.99. The Kier molecular flexibility index (Phi) is 1.11. The lowest BCUT2D eigenvalue weighted by molar-refractivity contribution is 1.19. The van der Waals surface area contributed by atoms with Gasteiger partial charge in [0.15, 0.2) is 5.65 Å². The average molecular weight is 171 g/mol. The lowest BCUT2D eigenvalue weighted by atomic mass is 10.3. The predicted molar refractivity (Wildman–Crippen MR) is 47.0 cm³/mol. The summed E-state index contributed by atoms with van der Waals surface area (Å²) in [6, 6.07) is 0. The maximum atomic E-state index is 4.17. The Morgan fingerprint density at radius 2 is 2.08 bits per heavy atom. The van der Waals surface area contributed by atoms with Gasteiger partial charge in [0.1, 0.15) is 11.8 Å². The van der Waals surface area contributed by atoms with E-state index in [4.69, 9.17) is 0 Å². The summed E-state index contributed by atoms with van der Waals surface area (Å²) < 4.78 is 0. The van der Waals surface area contributed by atoms with E-state index in [9.17, 15) is 0 Å². The van der Waals surface area contributed by atoms with Gasteiger partial charge in [-0.1, -0.05) is 0 Å². The van der Waals surface area contributed by atoms with Crippen LogP contribution in [-0.2, 0) is 0 Å². The molecule has 0 spiro atoms. The zero-order chi connectivity index (χ0) is 8.67. The fourth-order valence-corrected chi connectivity index (χ4v) is 1.34. The number of rotatable bonds is 0. The third-order valence-corrected chi connectivity index (χ3v) is 1.93. The molecule has 0 aliphatic rings. The second-order valence-corrected chi connectivity index (χ2v) is 2.68. The molecular formula is C8H5N5. The largest absolute Gasteiger partial charge is 0.343 e. The van der Waals surface area contributed by atoms with Gasteiger partial charge >= 0.3 is 0 Å². The van der Waals surface area contributed by atoms with Crippen molar-refractivity contribution in [2.24, 2.45) is 0 Å². The van der Waals surface area contributed by atoms with Crippen molar-refractivity contribution in [3.63, 3.8) is 0 Å². The Balaban J connectivity index is 2.65. The summed E-state index contributed by atoms with van der Waals surface area (Å²) in [7, 11) is 0. The number of nitrogens with one attached hydrogen (secondary N) is 1. The van der Waals surface area contributed by atoms with E-state index >= 15 is 0 Å². The van der Waals surface area contributed by atoms with Gasteiger partial charge in [-0.15, -0.1) is 0 Å². The van der Waals surface area contributed by atoms with E-state index in [1.165, 1.54) is 6.33 Å². The second-order valence-electron chi connectivity index (χ2n) is 2.68. The molecule has 13 heavy (non-hydrogen) atoms. The van der Waals surface area contributed by atoms with Gasteiger partial charge in [-0.25, -0.2) is 19.9 Å². The van der Waals surface area contributed by atoms with Crippen molar-refractivity contribution in [1.29, 1.82) is 0 Å². The molecule has 0 amide bonds. The Morgan fingerprint density at radius 3 is 3.08 bits per heavy atom. The summed E-state index contributed by atoms with van der Waals surface area (Å²) in [5, 5.41) is 0.876. The summed E-state index contributed by atoms with van der Waals surface area (Å²) in [4.78, 5) is 19.3. The predicted octanol–water partition coefficient (Wildman–Crippen LogP) is 0.901. The highest BCUT2D eigenvalue weighted by atomic mass is 14.9. The number of aromatic amines is 1. The molecule has 3 aromatic rings. The standard InChI is InChI=1S/C8H5N5/c1-5-7-6(11-4-12-7)2-10-8(5)13-3-9-1/h1-4H,(H,11,12). The first-order valence-corrected chi connectivity index (χ1v) is 3.83. The van der Waals surface area contributed by atoms with Crippen LogP contribution in [0, 0.1) is 0 Å². The lowest BCUT2D eigenvalue weighted by Crippen LogP contribution is -1.85. The maximum absolute atomic E-state index is 4.17. The molecule has 1 N–H and O–H groups in total. The first-order chi connectivity index (χ1) is 6.45. The van der Waals surface area contributed by atoms with Crippen molar-refractivity contribution in [2.45, 2.75) is 0 Å². The Morgan fingerprint density at radius 1 is 1.08 bits per heavy atom. The van der Waals surface area contributed by atoms with Crippen LogP contribution >= 0.6 is 0 Å². The number of hydrogen-bond donors (Lipinski definition) is 1. The highest BCUT2D eigenvalue weighted by Gasteiger charge is 2.03. The molecule has 0 saturated carbocycles. The SMILES string of the molecule is c1ncc2c(n1)ncc1[nH]cnc12. The third kappa shape index (κ3) is 0.807. The molecule has 3 heterocycles. The molecule has 0 aliphatic heterocycles. The van der Waals surface area contributed by atoms with E-state index < -0.39 is 0 Å². The van der Waals surface area contributed by atoms with E-state index in [2.05, 4.69) is 24.9 Å². The third-order valence-electron chi connectivity index (χ3n) is 1.93. The van der Waals surface area contributed by atoms with Crippen molar-refractivity contribution < 1.29 is 0 Å². The van der Waals surface area contributed by atoms with Gasteiger partial charge in [0.05, 0.1) is 23.4 Å². The van der Waals surface area contributed by atoms with Crippen molar-refractivity contribution in [1.82, 2.24) is 24.9 Å². The summed E-state index contributed by atoms with van der Waals surface area (Å²) in [5.41, 5.74) is 2.45. The van der Waals surface area contributed by atoms with E-state index in [-0.39, 0.29) is 0 Å². The van der Waals surface area contributed by atoms with E-state index in [0.29, 0.717) is 5.65 Å². The molecule has 5 nitrogen and oxygen atoms in total. The van der Waals surface area contributed by atoms with Crippen molar-refractivity contribution in [3.8, 4) is 0 Å². The molecule has 0 radical (unpaired) electrons. The van der Waals surface area contributed by atoms with E-state index in [1.54, 1.807) is 18.7 Å². The van der Waals surface area contributed by atoms with Crippen LogP contribution in [0.25, 0.3) is 22.1 Å². The summed E-state index contributed by atoms with van der Waals surface area (Å²) >= 11 is 0. The van der Waals surface area contributed by atoms with Gasteiger partial charge in [-0.2, -0.15) is 0 Å². The van der Waals surface area contributed by atoms with Gasteiger partial charge in [0.2, 0.25) is 0 Å². The smallest absolute Gasteiger partial charge is 0.164 e. The van der Waals surface area contributed by atoms with Crippen LogP contribution in [-0.4, -0.2) is 24.9 Å². The van der Waals surface area contributed by atoms with E-state index in [0.717, 1.165) is 16.4 Å². The minimum Gasteiger partial charge on any atom is -0.343 e. The molecule has 3 aromatic heterocycles. The quantitative estimate of drug-likeness (QED) is 0.545. The molecule has 3 rings (SSSR count). The van der Waals surface area contributed by atoms with Gasteiger partial charge in [-0.3, -0.25) is 0 Å². The minimum absolute atomic E-state index is 0.676. The minimum atomic E-state index is 0.676. The van der Waals surface area contributed by atoms with Gasteiger partial charge in [-0.05, 0) is 0 Å². The second kappa shape index (κ2) is 2.22. The molecule has 0 bridgehead atoms. The van der Waals surface area contributed by atoms with Crippen LogP contribution in [0.4, 0.5) is 0 Å². The van der Waals surface area contributed by atoms with Crippen LogP contribution < -0.4 is 0 Å². The normalized spacial score (nSPS) is 11.1. The molecule has 62 valence electrons.